The van der Waals surface area contributed by atoms with Gasteiger partial charge in [-0.05, 0) is 43.7 Å². The molecule has 2 aromatic heterocycles. The van der Waals surface area contributed by atoms with E-state index in [0.717, 1.165) is 24.3 Å². The van der Waals surface area contributed by atoms with Crippen LogP contribution in [0.5, 0.6) is 0 Å². The van der Waals surface area contributed by atoms with Crippen molar-refractivity contribution in [2.24, 2.45) is 0 Å². The van der Waals surface area contributed by atoms with Crippen LogP contribution in [0.25, 0.3) is 16.9 Å². The molecule has 0 atom stereocenters. The first-order valence-corrected chi connectivity index (χ1v) is 12.1. The average molecular weight is 558 g/mol. The lowest BCUT2D eigenvalue weighted by molar-refractivity contribution is -0.137. The van der Waals surface area contributed by atoms with Crippen molar-refractivity contribution >= 4 is 40.6 Å². The molecule has 12 heteroatoms. The number of hydrogen-bond donors (Lipinski definition) is 2. The van der Waals surface area contributed by atoms with Crippen molar-refractivity contribution in [3.8, 4) is 11.1 Å². The summed E-state index contributed by atoms with van der Waals surface area (Å²) in [6.45, 7) is 6.69. The highest BCUT2D eigenvalue weighted by molar-refractivity contribution is 6.33. The number of anilines is 2. The zero-order valence-electron chi connectivity index (χ0n) is 20.9. The smallest absolute Gasteiger partial charge is 0.323 e. The molecule has 4 rings (SSSR count). The molecule has 2 N–H and O–H groups in total. The van der Waals surface area contributed by atoms with Gasteiger partial charge in [0, 0.05) is 23.1 Å². The number of carbonyl (C=O) groups is 2. The van der Waals surface area contributed by atoms with Gasteiger partial charge >= 0.3 is 6.18 Å². The topological polar surface area (TPSA) is 97.5 Å². The molecule has 0 fully saturated rings. The van der Waals surface area contributed by atoms with Crippen molar-refractivity contribution in [3.05, 3.63) is 93.6 Å². The Labute approximate surface area is 225 Å². The van der Waals surface area contributed by atoms with Gasteiger partial charge in [0.25, 0.3) is 5.56 Å². The highest BCUT2D eigenvalue weighted by atomic mass is 35.5. The summed E-state index contributed by atoms with van der Waals surface area (Å²) >= 11 is 5.97. The van der Waals surface area contributed by atoms with Crippen molar-refractivity contribution in [1.82, 2.24) is 14.0 Å². The number of aryl methyl sites for hydroxylation is 2. The molecule has 4 aromatic rings. The van der Waals surface area contributed by atoms with E-state index in [2.05, 4.69) is 22.2 Å². The van der Waals surface area contributed by atoms with Gasteiger partial charge in [-0.3, -0.25) is 18.8 Å². The minimum Gasteiger partial charge on any atom is -0.323 e. The standard InChI is InChI=1S/C27H23ClF3N5O3/c1-4-19-24(17-8-6-7-9-20(17)32-22(37)5-2)25(39)36-13-15(3)35(26(36)34-19)14-23(38)33-21-11-10-16(12-18(21)28)27(29,30)31/h5-13H,2,4,14H2,1,3H3,(H,32,37)(H,33,38). The largest absolute Gasteiger partial charge is 0.416 e. The van der Waals surface area contributed by atoms with Crippen LogP contribution in [0.1, 0.15) is 23.9 Å². The Morgan fingerprint density at radius 2 is 1.85 bits per heavy atom. The predicted molar refractivity (Wildman–Crippen MR) is 143 cm³/mol. The Kier molecular flexibility index (Phi) is 7.64. The number of hydrogen-bond acceptors (Lipinski definition) is 4. The fourth-order valence-corrected chi connectivity index (χ4v) is 4.36. The summed E-state index contributed by atoms with van der Waals surface area (Å²) in [5.74, 6) is -0.804. The molecule has 0 saturated carbocycles. The Hall–Kier alpha value is -4.38. The van der Waals surface area contributed by atoms with Crippen molar-refractivity contribution < 1.29 is 22.8 Å². The summed E-state index contributed by atoms with van der Waals surface area (Å²) < 4.78 is 41.6. The molecule has 2 amide bonds. The maximum Gasteiger partial charge on any atom is 0.416 e. The SMILES string of the molecule is C=CC(=O)Nc1ccccc1-c1c(CC)nc2n(CC(=O)Nc3ccc(C(F)(F)F)cc3Cl)c(C)cn2c1=O. The average Bonchev–Trinajstić information content (AvgIpc) is 3.20. The second-order valence-electron chi connectivity index (χ2n) is 8.60. The molecule has 0 saturated heterocycles. The number of imidazole rings is 1. The number of amides is 2. The molecule has 0 bridgehead atoms. The van der Waals surface area contributed by atoms with Gasteiger partial charge in [0.05, 0.1) is 27.5 Å². The quantitative estimate of drug-likeness (QED) is 0.294. The number of aromatic nitrogens is 3. The van der Waals surface area contributed by atoms with Crippen molar-refractivity contribution in [3.63, 3.8) is 0 Å². The summed E-state index contributed by atoms with van der Waals surface area (Å²) in [6, 6.07) is 9.46. The maximum atomic E-state index is 13.7. The Morgan fingerprint density at radius 3 is 2.49 bits per heavy atom. The number of carbonyl (C=O) groups excluding carboxylic acids is 2. The monoisotopic (exact) mass is 557 g/mol. The second kappa shape index (κ2) is 10.8. The fraction of sp³-hybridized carbons (Fsp3) is 0.185. The van der Waals surface area contributed by atoms with Gasteiger partial charge in [-0.2, -0.15) is 13.2 Å². The Balaban J connectivity index is 1.72. The molecule has 0 radical (unpaired) electrons. The highest BCUT2D eigenvalue weighted by Gasteiger charge is 2.31. The van der Waals surface area contributed by atoms with Crippen LogP contribution in [-0.4, -0.2) is 25.8 Å². The van der Waals surface area contributed by atoms with E-state index in [4.69, 9.17) is 11.6 Å². The Bertz CT molecular complexity index is 1670. The molecule has 2 heterocycles. The molecule has 0 spiro atoms. The van der Waals surface area contributed by atoms with Gasteiger partial charge < -0.3 is 15.2 Å². The molecule has 202 valence electrons. The number of nitrogens with one attached hydrogen (secondary N) is 2. The molecule has 8 nitrogen and oxygen atoms in total. The van der Waals surface area contributed by atoms with Crippen LogP contribution in [0.4, 0.5) is 24.5 Å². The van der Waals surface area contributed by atoms with Crippen LogP contribution in [-0.2, 0) is 28.7 Å². The molecule has 39 heavy (non-hydrogen) atoms. The highest BCUT2D eigenvalue weighted by Crippen LogP contribution is 2.34. The van der Waals surface area contributed by atoms with Crippen molar-refractivity contribution in [1.29, 1.82) is 0 Å². The number of nitrogens with zero attached hydrogens (tertiary/aromatic N) is 3. The normalized spacial score (nSPS) is 11.4. The first kappa shape index (κ1) is 27.6. The molecule has 0 unspecified atom stereocenters. The number of fused-ring (bicyclic) bond motifs is 1. The van der Waals surface area contributed by atoms with E-state index >= 15 is 0 Å². The minimum absolute atomic E-state index is 0.0172. The molecule has 0 aliphatic heterocycles. The van der Waals surface area contributed by atoms with E-state index in [1.807, 2.05) is 6.92 Å². The van der Waals surface area contributed by atoms with Crippen molar-refractivity contribution in [2.75, 3.05) is 10.6 Å². The molecular formula is C27H23ClF3N5O3. The van der Waals surface area contributed by atoms with Crippen LogP contribution in [0.2, 0.25) is 5.02 Å². The third kappa shape index (κ3) is 5.58. The fourth-order valence-electron chi connectivity index (χ4n) is 4.13. The van der Waals surface area contributed by atoms with E-state index < -0.39 is 29.1 Å². The number of alkyl halides is 3. The maximum absolute atomic E-state index is 13.7. The second-order valence-corrected chi connectivity index (χ2v) is 9.01. The predicted octanol–water partition coefficient (Wildman–Crippen LogP) is 5.47. The third-order valence-electron chi connectivity index (χ3n) is 6.00. The number of benzene rings is 2. The first-order chi connectivity index (χ1) is 18.4. The van der Waals surface area contributed by atoms with Crippen molar-refractivity contribution in [2.45, 2.75) is 33.0 Å². The molecular weight excluding hydrogens is 535 g/mol. The summed E-state index contributed by atoms with van der Waals surface area (Å²) in [7, 11) is 0. The lowest BCUT2D eigenvalue weighted by atomic mass is 10.0. The number of para-hydroxylation sites is 1. The number of halogens is 4. The van der Waals surface area contributed by atoms with Gasteiger partial charge in [-0.25, -0.2) is 4.98 Å². The van der Waals surface area contributed by atoms with Gasteiger partial charge in [0.2, 0.25) is 17.6 Å². The van der Waals surface area contributed by atoms with E-state index in [-0.39, 0.29) is 23.0 Å². The van der Waals surface area contributed by atoms with Gasteiger partial charge in [-0.15, -0.1) is 0 Å². The van der Waals surface area contributed by atoms with E-state index in [9.17, 15) is 27.6 Å². The molecule has 0 aliphatic carbocycles. The van der Waals surface area contributed by atoms with E-state index in [1.54, 1.807) is 31.2 Å². The van der Waals surface area contributed by atoms with Crippen LogP contribution < -0.4 is 16.2 Å². The minimum atomic E-state index is -4.57. The summed E-state index contributed by atoms with van der Waals surface area (Å²) in [5, 5.41) is 4.95. The molecule has 0 aliphatic rings. The Morgan fingerprint density at radius 1 is 1.13 bits per heavy atom. The van der Waals surface area contributed by atoms with E-state index in [0.29, 0.717) is 34.6 Å². The summed E-state index contributed by atoms with van der Waals surface area (Å²) in [4.78, 5) is 43.1. The zero-order valence-corrected chi connectivity index (χ0v) is 21.7. The van der Waals surface area contributed by atoms with Gasteiger partial charge in [0.15, 0.2) is 0 Å². The summed E-state index contributed by atoms with van der Waals surface area (Å²) in [6.07, 6.45) is -1.53. The lowest BCUT2D eigenvalue weighted by Crippen LogP contribution is -2.23. The lowest BCUT2D eigenvalue weighted by Gasteiger charge is -2.14. The first-order valence-electron chi connectivity index (χ1n) is 11.7. The van der Waals surface area contributed by atoms with Crippen LogP contribution in [0.3, 0.4) is 0 Å². The zero-order chi connectivity index (χ0) is 28.5. The van der Waals surface area contributed by atoms with Crippen LogP contribution in [0.15, 0.2) is 66.1 Å². The van der Waals surface area contributed by atoms with Crippen LogP contribution in [0, 0.1) is 6.92 Å². The van der Waals surface area contributed by atoms with E-state index in [1.165, 1.54) is 15.2 Å². The molecule has 2 aromatic carbocycles. The number of rotatable bonds is 7. The van der Waals surface area contributed by atoms with Gasteiger partial charge in [0.1, 0.15) is 6.54 Å². The third-order valence-corrected chi connectivity index (χ3v) is 6.31. The van der Waals surface area contributed by atoms with Crippen LogP contribution >= 0.6 is 11.6 Å². The van der Waals surface area contributed by atoms with Gasteiger partial charge in [-0.1, -0.05) is 43.3 Å². The summed E-state index contributed by atoms with van der Waals surface area (Å²) in [5.41, 5.74) is 0.875.